The molecule has 4 aliphatic carbocycles. The molecule has 0 saturated heterocycles. The number of H-pyrrole nitrogens is 1. The number of methoxy groups -OCH3 is 1. The number of anilines is 3. The smallest absolute Gasteiger partial charge is 0.481 e. The highest BCUT2D eigenvalue weighted by atomic mass is 79.9. The minimum Gasteiger partial charge on any atom is -0.481 e. The third-order valence-corrected chi connectivity index (χ3v) is 29.2. The van der Waals surface area contributed by atoms with Crippen molar-refractivity contribution in [1.82, 2.24) is 112 Å². The number of benzene rings is 1. The molecule has 16 heterocycles. The topological polar surface area (TPSA) is 510 Å². The molecule has 4 unspecified atom stereocenters. The highest BCUT2D eigenvalue weighted by molar-refractivity contribution is 9.10. The minimum atomic E-state index is -5.86. The van der Waals surface area contributed by atoms with Gasteiger partial charge in [0.2, 0.25) is 23.2 Å². The number of nitrogens with zero attached hydrogens (tertiary/aromatic N) is 22. The standard InChI is InChI=1S/C26H24ClN5O4S.C17H12ClF3N4O4S.C17H15ClN4O2.C16H13ClN4O2.C6H3BrClN3.C4H3BrClN3.C4H4ClN3/c1-3-37(35,36)17-6-4-16(5-7-17)14-22(33)31-21-9-8-18-19(30-21)10-11-26(2,24(18)34)23-25-28-12-13-32(25)20(27)15-29-23;1-16(13-15-22-6-7-25(15)11(18)8-23-13)5-4-10-9(14(16)26)2-3-12(24-10)29-30(27,28)17(19,20)21;1-17(14-16-19-7-8-22(16)12(18)9-20-14)6-5-11-10(15(17)23)3-4-13(21-11)24-2;1-16(13-15-18-6-7-21(15)11(17)8-19-13)5-4-10-9(14(16)23)2-3-12(22)20-10;7-5-6-9-1-2-11(6)4(8)3-10-5;5-3-4(7)9-2(6)1-8-3;5-3-1-7-2-4(6)8-3/h4-9,12-13,15H,3,10-11,14H2,1-2H3,(H,30,31,33);2-3,6-8H,4-5H2,1H3;3-4,7-9H,5-6H2,1-2H3;2-3,6-8H,4-5H2,1H3,(H,20,22);1-3H;1H,(H2,7,9);1-2H,(H2,6,8). The number of fused-ring (bicyclic) bond motifs is 9. The highest BCUT2D eigenvalue weighted by Crippen LogP contribution is 2.45. The second-order valence-electron chi connectivity index (χ2n) is 32.6. The van der Waals surface area contributed by atoms with Crippen molar-refractivity contribution in [3.63, 3.8) is 0 Å². The van der Waals surface area contributed by atoms with Crippen LogP contribution in [0.5, 0.6) is 11.8 Å². The van der Waals surface area contributed by atoms with Gasteiger partial charge in [-0.15, -0.1) is 0 Å². The van der Waals surface area contributed by atoms with E-state index in [1.54, 1.807) is 154 Å². The van der Waals surface area contributed by atoms with Crippen molar-refractivity contribution in [2.24, 2.45) is 0 Å². The fourth-order valence-corrected chi connectivity index (χ4v) is 19.1. The molecular weight excluding hydrogens is 2170 g/mol. The van der Waals surface area contributed by atoms with E-state index in [0.29, 0.717) is 186 Å². The van der Waals surface area contributed by atoms with Crippen LogP contribution in [0.3, 0.4) is 0 Å². The van der Waals surface area contributed by atoms with E-state index in [-0.39, 0.29) is 75.8 Å². The van der Waals surface area contributed by atoms with Crippen LogP contribution in [0.1, 0.15) is 153 Å². The summed E-state index contributed by atoms with van der Waals surface area (Å²) in [4.78, 5) is 151. The van der Waals surface area contributed by atoms with Crippen molar-refractivity contribution in [2.75, 3.05) is 29.6 Å². The summed E-state index contributed by atoms with van der Waals surface area (Å²) in [5.41, 5.74) is 10.9. The molecule has 16 aromatic heterocycles. The maximum absolute atomic E-state index is 13.6. The van der Waals surface area contributed by atoms with Gasteiger partial charge in [0.05, 0.1) is 135 Å². The molecule has 6 N–H and O–H groups in total. The number of pyridine rings is 4. The number of aromatic nitrogens is 23. The van der Waals surface area contributed by atoms with Crippen LogP contribution in [0, 0.1) is 0 Å². The van der Waals surface area contributed by atoms with Gasteiger partial charge in [-0.25, -0.2) is 68.2 Å². The van der Waals surface area contributed by atoms with Gasteiger partial charge >= 0.3 is 15.6 Å². The molecule has 1 amide bonds. The SMILES string of the molecule is CC1(c2ncc(Cl)n3ccnc23)CCc2[nH]c(=O)ccc2C1=O.CC1(c2ncc(Cl)n3ccnc23)CCc2nc(OS(=O)(=O)C(F)(F)F)ccc2C1=O.CCS(=O)(=O)c1ccc(CC(=O)Nc2ccc3c(n2)CCC(C)(c2ncc(Cl)n4ccnc24)C3=O)cc1.COc1ccc2c(n1)CCC(C)(c1ncc(Cl)n3ccnc13)C2=O.Clc1cnc(Br)c2nccn12.Nc1cncc(Cl)n1.Nc1nc(Cl)cnc1Br. The van der Waals surface area contributed by atoms with Crippen LogP contribution < -0.4 is 31.3 Å². The predicted molar refractivity (Wildman–Crippen MR) is 527 cm³/mol. The Morgan fingerprint density at radius 2 is 0.852 bits per heavy atom. The molecule has 0 radical (unpaired) electrons. The van der Waals surface area contributed by atoms with Gasteiger partial charge in [-0.3, -0.25) is 75.7 Å². The largest absolute Gasteiger partial charge is 0.534 e. The summed E-state index contributed by atoms with van der Waals surface area (Å²) in [7, 11) is -7.59. The maximum Gasteiger partial charge on any atom is 0.534 e. The van der Waals surface area contributed by atoms with Gasteiger partial charge in [-0.2, -0.15) is 21.6 Å². The lowest BCUT2D eigenvalue weighted by atomic mass is 9.71. The maximum atomic E-state index is 13.6. The summed E-state index contributed by atoms with van der Waals surface area (Å²) in [5.74, 6) is -0.0607. The van der Waals surface area contributed by atoms with Crippen LogP contribution >= 0.6 is 113 Å². The number of sulfone groups is 1. The molecule has 0 aliphatic heterocycles. The van der Waals surface area contributed by atoms with Crippen molar-refractivity contribution in [2.45, 2.75) is 124 Å². The van der Waals surface area contributed by atoms with Crippen LogP contribution in [0.15, 0.2) is 203 Å². The summed E-state index contributed by atoms with van der Waals surface area (Å²) in [6, 6.07) is 18.1. The summed E-state index contributed by atoms with van der Waals surface area (Å²) >= 11 is 47.6. The Balaban J connectivity index is 0.000000132. The van der Waals surface area contributed by atoms with Gasteiger partial charge in [-0.05, 0) is 159 Å². The summed E-state index contributed by atoms with van der Waals surface area (Å²) < 4.78 is 103. The van der Waals surface area contributed by atoms with Crippen LogP contribution in [0.4, 0.5) is 30.6 Å². The van der Waals surface area contributed by atoms with Crippen LogP contribution in [0.25, 0.3) is 28.2 Å². The predicted octanol–water partition coefficient (Wildman–Crippen LogP) is 16.3. The minimum absolute atomic E-state index is 0.00127. The van der Waals surface area contributed by atoms with E-state index in [2.05, 4.69) is 131 Å². The highest BCUT2D eigenvalue weighted by Gasteiger charge is 2.51. The van der Waals surface area contributed by atoms with Crippen molar-refractivity contribution < 1.29 is 62.9 Å². The number of ether oxygens (including phenoxy) is 1. The number of aromatic amines is 1. The summed E-state index contributed by atoms with van der Waals surface area (Å²) in [6.45, 7) is 8.91. The Morgan fingerprint density at radius 3 is 1.26 bits per heavy atom. The van der Waals surface area contributed by atoms with Crippen LogP contribution in [-0.2, 0) is 78.5 Å². The average molecular weight is 2240 g/mol. The number of nitrogen functional groups attached to an aromatic ring is 2. The molecule has 0 bridgehead atoms. The van der Waals surface area contributed by atoms with Gasteiger partial charge in [0.1, 0.15) is 56.9 Å². The molecule has 0 spiro atoms. The first-order chi connectivity index (χ1) is 67.4. The molecule has 21 rings (SSSR count). The number of imidazole rings is 5. The lowest BCUT2D eigenvalue weighted by Crippen LogP contribution is -2.39. The number of Topliss-reactive ketones (excluding diaryl/α,β-unsaturated/α-hetero) is 4. The fraction of sp³-hybridized carbons (Fsp3) is 0.233. The molecule has 0 saturated carbocycles. The number of nitrogens with one attached hydrogen (secondary N) is 2. The number of ketones is 4. The van der Waals surface area contributed by atoms with E-state index in [4.69, 9.17) is 97.4 Å². The first-order valence-corrected chi connectivity index (χ1v) is 49.5. The Morgan fingerprint density at radius 1 is 0.465 bits per heavy atom. The summed E-state index contributed by atoms with van der Waals surface area (Å²) in [6.07, 6.45) is 32.5. The second kappa shape index (κ2) is 41.8. The molecule has 4 atom stereocenters. The number of carbonyl (C=O) groups excluding carboxylic acids is 5. The Hall–Kier alpha value is -13.1. The first-order valence-electron chi connectivity index (χ1n) is 42.2. The fourth-order valence-electron chi connectivity index (χ4n) is 16.0. The summed E-state index contributed by atoms with van der Waals surface area (Å²) in [5, 5.41) is 5.58. The lowest BCUT2D eigenvalue weighted by Gasteiger charge is -2.32. The monoisotopic (exact) mass is 2230 g/mol. The third-order valence-electron chi connectivity index (χ3n) is 23.6. The number of hydrogen-bond donors (Lipinski definition) is 4. The zero-order chi connectivity index (χ0) is 102. The third kappa shape index (κ3) is 21.2. The van der Waals surface area contributed by atoms with Crippen LogP contribution in [0.2, 0.25) is 36.1 Å². The number of hydrogen-bond acceptors (Lipinski definition) is 31. The molecule has 38 nitrogen and oxygen atoms in total. The van der Waals surface area contributed by atoms with Crippen LogP contribution in [-0.4, -0.2) is 176 Å². The number of aryl methyl sites for hydroxylation is 4. The molecular formula is C90H74Br2Cl7F3N26O12S2. The molecule has 142 heavy (non-hydrogen) atoms. The lowest BCUT2D eigenvalue weighted by molar-refractivity contribution is -0.115. The molecule has 17 aromatic rings. The van der Waals surface area contributed by atoms with Crippen molar-refractivity contribution in [1.29, 1.82) is 0 Å². The number of halogens is 12. The normalized spacial score (nSPS) is 17.5. The van der Waals surface area contributed by atoms with E-state index in [1.165, 1.54) is 67.6 Å². The van der Waals surface area contributed by atoms with Gasteiger partial charge in [0.25, 0.3) is 0 Å². The Labute approximate surface area is 854 Å². The number of amides is 1. The van der Waals surface area contributed by atoms with Gasteiger partial charge in [0.15, 0.2) is 67.0 Å². The molecule has 732 valence electrons. The molecule has 1 aromatic carbocycles. The van der Waals surface area contributed by atoms with Gasteiger partial charge in [-0.1, -0.05) is 100 Å². The van der Waals surface area contributed by atoms with Gasteiger partial charge < -0.3 is 30.7 Å². The van der Waals surface area contributed by atoms with Crippen molar-refractivity contribution >= 4 is 208 Å². The molecule has 0 fully saturated rings. The molecule has 52 heteroatoms. The van der Waals surface area contributed by atoms with E-state index in [0.717, 1.165) is 17.4 Å². The number of carbonyl (C=O) groups is 5. The number of rotatable bonds is 12. The number of alkyl halides is 3. The first kappa shape index (κ1) is 103. The quantitative estimate of drug-likeness (QED) is 0.0652. The molecule has 4 aliphatic rings. The van der Waals surface area contributed by atoms with E-state index >= 15 is 0 Å². The van der Waals surface area contributed by atoms with Crippen molar-refractivity contribution in [3.05, 3.63) is 313 Å². The Bertz CT molecular complexity index is 8120. The van der Waals surface area contributed by atoms with Crippen molar-refractivity contribution in [3.8, 4) is 11.8 Å². The second-order valence-corrected chi connectivity index (χ2v) is 40.7. The number of nitrogens with two attached hydrogens (primary N) is 2. The Kier molecular flexibility index (Phi) is 30.4. The van der Waals surface area contributed by atoms with Gasteiger partial charge in [0, 0.05) is 108 Å². The van der Waals surface area contributed by atoms with E-state index < -0.39 is 53.0 Å². The van der Waals surface area contributed by atoms with E-state index in [9.17, 15) is 58.8 Å². The zero-order valence-electron chi connectivity index (χ0n) is 74.6. The zero-order valence-corrected chi connectivity index (χ0v) is 84.7. The average Bonchev–Trinajstić information content (AvgIpc) is 1.63. The van der Waals surface area contributed by atoms with E-state index in [1.807, 2.05) is 20.8 Å².